The van der Waals surface area contributed by atoms with Crippen LogP contribution in [-0.2, 0) is 0 Å². The Morgan fingerprint density at radius 2 is 2.15 bits per heavy atom. The molecular weight excluding hydrogens is 254 g/mol. The zero-order valence-corrected chi connectivity index (χ0v) is 11.8. The van der Waals surface area contributed by atoms with Gasteiger partial charge in [-0.3, -0.25) is 0 Å². The molecule has 2 fully saturated rings. The molecule has 0 spiro atoms. The van der Waals surface area contributed by atoms with Gasteiger partial charge in [-0.25, -0.2) is 9.97 Å². The highest BCUT2D eigenvalue weighted by Crippen LogP contribution is 2.37. The second-order valence-electron chi connectivity index (χ2n) is 5.77. The van der Waals surface area contributed by atoms with Crippen LogP contribution in [0.2, 0.25) is 0 Å². The fourth-order valence-corrected chi connectivity index (χ4v) is 3.52. The maximum Gasteiger partial charge on any atom is 0.226 e. The summed E-state index contributed by atoms with van der Waals surface area (Å²) in [5, 5.41) is 11.8. The van der Waals surface area contributed by atoms with Crippen molar-refractivity contribution in [3.05, 3.63) is 17.5 Å². The number of aryl methyl sites for hydroxylation is 1. The Balaban J connectivity index is 1.92. The molecule has 2 heterocycles. The third-order valence-electron chi connectivity index (χ3n) is 4.48. The molecule has 2 unspecified atom stereocenters. The number of hydrogen-bond donors (Lipinski definition) is 2. The molecule has 3 rings (SSSR count). The van der Waals surface area contributed by atoms with Gasteiger partial charge in [-0.15, -0.1) is 0 Å². The lowest BCUT2D eigenvalue weighted by atomic mass is 9.85. The zero-order valence-electron chi connectivity index (χ0n) is 11.8. The molecule has 3 N–H and O–H groups in total. The van der Waals surface area contributed by atoms with Gasteiger partial charge in [0.15, 0.2) is 5.84 Å². The summed E-state index contributed by atoms with van der Waals surface area (Å²) in [7, 11) is 0. The number of nitrogens with two attached hydrogens (primary N) is 1. The molecule has 1 aromatic rings. The van der Waals surface area contributed by atoms with Gasteiger partial charge in [-0.1, -0.05) is 18.0 Å². The van der Waals surface area contributed by atoms with Crippen molar-refractivity contribution >= 4 is 11.8 Å². The predicted molar refractivity (Wildman–Crippen MR) is 77.0 cm³/mol. The summed E-state index contributed by atoms with van der Waals surface area (Å²) < 4.78 is 0. The highest BCUT2D eigenvalue weighted by atomic mass is 16.4. The smallest absolute Gasteiger partial charge is 0.226 e. The van der Waals surface area contributed by atoms with Crippen LogP contribution in [-0.4, -0.2) is 33.6 Å². The quantitative estimate of drug-likeness (QED) is 0.371. The molecule has 1 aliphatic heterocycles. The Hall–Kier alpha value is -1.85. The first kappa shape index (κ1) is 13.1. The highest BCUT2D eigenvalue weighted by molar-refractivity contribution is 5.95. The summed E-state index contributed by atoms with van der Waals surface area (Å²) in [6.45, 7) is 2.92. The molecule has 0 aromatic carbocycles. The summed E-state index contributed by atoms with van der Waals surface area (Å²) in [5.41, 5.74) is 6.99. The summed E-state index contributed by atoms with van der Waals surface area (Å²) >= 11 is 0. The van der Waals surface area contributed by atoms with Crippen LogP contribution in [0.25, 0.3) is 0 Å². The van der Waals surface area contributed by atoms with Crippen molar-refractivity contribution in [2.24, 2.45) is 16.8 Å². The summed E-state index contributed by atoms with van der Waals surface area (Å²) in [6.07, 6.45) is 6.40. The third-order valence-corrected chi connectivity index (χ3v) is 4.48. The molecule has 2 atom stereocenters. The molecule has 0 radical (unpaired) electrons. The van der Waals surface area contributed by atoms with Crippen LogP contribution < -0.4 is 10.6 Å². The minimum absolute atomic E-state index is 0.0381. The maximum absolute atomic E-state index is 8.81. The number of amidine groups is 1. The normalized spacial score (nSPS) is 26.6. The summed E-state index contributed by atoms with van der Waals surface area (Å²) in [4.78, 5) is 11.3. The lowest BCUT2D eigenvalue weighted by Gasteiger charge is -2.31. The fourth-order valence-electron chi connectivity index (χ4n) is 3.52. The fraction of sp³-hybridized carbons (Fsp3) is 0.643. The third kappa shape index (κ3) is 2.30. The van der Waals surface area contributed by atoms with Crippen molar-refractivity contribution in [2.75, 3.05) is 11.4 Å². The molecule has 6 heteroatoms. The minimum Gasteiger partial charge on any atom is -0.409 e. The van der Waals surface area contributed by atoms with Gasteiger partial charge >= 0.3 is 0 Å². The van der Waals surface area contributed by atoms with E-state index in [0.717, 1.165) is 24.1 Å². The topological polar surface area (TPSA) is 87.6 Å². The molecular formula is C14H21N5O. The van der Waals surface area contributed by atoms with Gasteiger partial charge < -0.3 is 15.8 Å². The Kier molecular flexibility index (Phi) is 3.46. The first-order valence-corrected chi connectivity index (χ1v) is 7.29. The second-order valence-corrected chi connectivity index (χ2v) is 5.77. The number of rotatable bonds is 2. The van der Waals surface area contributed by atoms with Crippen molar-refractivity contribution < 1.29 is 5.21 Å². The van der Waals surface area contributed by atoms with E-state index in [0.29, 0.717) is 11.7 Å². The number of anilines is 1. The molecule has 108 valence electrons. The van der Waals surface area contributed by atoms with E-state index in [1.54, 1.807) is 6.07 Å². The van der Waals surface area contributed by atoms with Gasteiger partial charge in [-0.05, 0) is 38.2 Å². The standard InChI is InChI=1S/C14H21N5O/c1-9-8-11(13(15)18-20)17-14(16-9)19-7-6-10-4-2-3-5-12(10)19/h8,10,12,20H,2-7H2,1H3,(H2,15,18). The molecule has 1 aromatic heterocycles. The van der Waals surface area contributed by atoms with Crippen LogP contribution in [0.1, 0.15) is 43.5 Å². The van der Waals surface area contributed by atoms with Gasteiger partial charge in [-0.2, -0.15) is 0 Å². The van der Waals surface area contributed by atoms with Crippen LogP contribution in [0.5, 0.6) is 0 Å². The Morgan fingerprint density at radius 3 is 2.95 bits per heavy atom. The molecule has 2 aliphatic rings. The Morgan fingerprint density at radius 1 is 1.35 bits per heavy atom. The van der Waals surface area contributed by atoms with Gasteiger partial charge in [0.1, 0.15) is 5.69 Å². The van der Waals surface area contributed by atoms with Crippen LogP contribution in [0.4, 0.5) is 5.95 Å². The number of aromatic nitrogens is 2. The van der Waals surface area contributed by atoms with Crippen LogP contribution in [0, 0.1) is 12.8 Å². The van der Waals surface area contributed by atoms with E-state index in [1.165, 1.54) is 32.1 Å². The van der Waals surface area contributed by atoms with Gasteiger partial charge in [0.05, 0.1) is 0 Å². The van der Waals surface area contributed by atoms with E-state index in [1.807, 2.05) is 6.92 Å². The second kappa shape index (κ2) is 5.26. The van der Waals surface area contributed by atoms with Crippen molar-refractivity contribution in [3.63, 3.8) is 0 Å². The van der Waals surface area contributed by atoms with Gasteiger partial charge in [0.2, 0.25) is 5.95 Å². The molecule has 0 bridgehead atoms. The number of nitrogens with zero attached hydrogens (tertiary/aromatic N) is 4. The largest absolute Gasteiger partial charge is 0.409 e. The van der Waals surface area contributed by atoms with Crippen molar-refractivity contribution in [3.8, 4) is 0 Å². The number of hydrogen-bond acceptors (Lipinski definition) is 5. The zero-order chi connectivity index (χ0) is 14.1. The molecule has 20 heavy (non-hydrogen) atoms. The average Bonchev–Trinajstić information content (AvgIpc) is 2.89. The van der Waals surface area contributed by atoms with E-state index in [-0.39, 0.29) is 5.84 Å². The first-order valence-electron chi connectivity index (χ1n) is 7.29. The Labute approximate surface area is 118 Å². The maximum atomic E-state index is 8.81. The first-order chi connectivity index (χ1) is 9.69. The van der Waals surface area contributed by atoms with Gasteiger partial charge in [0, 0.05) is 18.3 Å². The number of fused-ring (bicyclic) bond motifs is 1. The number of oxime groups is 1. The van der Waals surface area contributed by atoms with Gasteiger partial charge in [0.25, 0.3) is 0 Å². The molecule has 0 amide bonds. The van der Waals surface area contributed by atoms with E-state index >= 15 is 0 Å². The van der Waals surface area contributed by atoms with E-state index in [9.17, 15) is 0 Å². The average molecular weight is 275 g/mol. The molecule has 1 saturated carbocycles. The minimum atomic E-state index is 0.0381. The molecule has 1 saturated heterocycles. The lowest BCUT2D eigenvalue weighted by molar-refractivity contribution is 0.318. The van der Waals surface area contributed by atoms with Crippen molar-refractivity contribution in [1.82, 2.24) is 9.97 Å². The van der Waals surface area contributed by atoms with Crippen molar-refractivity contribution in [2.45, 2.75) is 45.1 Å². The van der Waals surface area contributed by atoms with Crippen LogP contribution >= 0.6 is 0 Å². The molecule has 6 nitrogen and oxygen atoms in total. The monoisotopic (exact) mass is 275 g/mol. The van der Waals surface area contributed by atoms with Crippen LogP contribution in [0.15, 0.2) is 11.2 Å². The predicted octanol–water partition coefficient (Wildman–Crippen LogP) is 1.65. The van der Waals surface area contributed by atoms with Crippen molar-refractivity contribution in [1.29, 1.82) is 0 Å². The summed E-state index contributed by atoms with van der Waals surface area (Å²) in [6, 6.07) is 2.30. The van der Waals surface area contributed by atoms with E-state index < -0.39 is 0 Å². The van der Waals surface area contributed by atoms with E-state index in [2.05, 4.69) is 20.0 Å². The summed E-state index contributed by atoms with van der Waals surface area (Å²) in [5.74, 6) is 1.54. The molecule has 1 aliphatic carbocycles. The lowest BCUT2D eigenvalue weighted by Crippen LogP contribution is -2.36. The SMILES string of the molecule is Cc1cc(/C(N)=N/O)nc(N2CCC3CCCCC32)n1. The Bertz CT molecular complexity index is 530. The van der Waals surface area contributed by atoms with E-state index in [4.69, 9.17) is 10.9 Å². The highest BCUT2D eigenvalue weighted by Gasteiger charge is 2.37. The van der Waals surface area contributed by atoms with Crippen LogP contribution in [0.3, 0.4) is 0 Å².